The van der Waals surface area contributed by atoms with Gasteiger partial charge in [0.1, 0.15) is 24.8 Å². The number of aromatic nitrogens is 1. The van der Waals surface area contributed by atoms with Gasteiger partial charge in [-0.25, -0.2) is 9.37 Å². The van der Waals surface area contributed by atoms with Gasteiger partial charge in [-0.1, -0.05) is 12.1 Å². The smallest absolute Gasteiger partial charge is 0.226 e. The van der Waals surface area contributed by atoms with E-state index in [0.717, 1.165) is 22.8 Å². The minimum atomic E-state index is -0.281. The molecule has 1 aromatic heterocycles. The Labute approximate surface area is 151 Å². The number of nitrogens with zero attached hydrogens (tertiary/aromatic N) is 2. The quantitative estimate of drug-likeness (QED) is 0.698. The molecule has 1 aliphatic heterocycles. The number of para-hydroxylation sites is 2. The fourth-order valence-corrected chi connectivity index (χ4v) is 2.95. The van der Waals surface area contributed by atoms with Gasteiger partial charge < -0.3 is 13.9 Å². The van der Waals surface area contributed by atoms with Crippen molar-refractivity contribution in [1.29, 1.82) is 0 Å². The minimum Gasteiger partial charge on any atom is -0.486 e. The van der Waals surface area contributed by atoms with Crippen molar-refractivity contribution in [2.75, 3.05) is 20.2 Å². The Kier molecular flexibility index (Phi) is 4.58. The van der Waals surface area contributed by atoms with Crippen molar-refractivity contribution in [3.63, 3.8) is 0 Å². The summed E-state index contributed by atoms with van der Waals surface area (Å²) in [7, 11) is 2.00. The molecule has 0 bridgehead atoms. The highest BCUT2D eigenvalue weighted by molar-refractivity contribution is 5.52. The summed E-state index contributed by atoms with van der Waals surface area (Å²) in [4.78, 5) is 6.58. The second-order valence-corrected chi connectivity index (χ2v) is 6.35. The van der Waals surface area contributed by atoms with E-state index in [2.05, 4.69) is 9.88 Å². The third-order valence-electron chi connectivity index (χ3n) is 4.16. The van der Waals surface area contributed by atoms with Gasteiger partial charge >= 0.3 is 0 Å². The third-order valence-corrected chi connectivity index (χ3v) is 4.16. The van der Waals surface area contributed by atoms with Crippen LogP contribution in [0, 0.1) is 5.82 Å². The molecule has 0 aliphatic carbocycles. The molecule has 26 heavy (non-hydrogen) atoms. The van der Waals surface area contributed by atoms with Crippen LogP contribution >= 0.6 is 0 Å². The lowest BCUT2D eigenvalue weighted by Gasteiger charge is -2.29. The van der Waals surface area contributed by atoms with Crippen LogP contribution in [-0.2, 0) is 6.54 Å². The molecule has 2 heterocycles. The van der Waals surface area contributed by atoms with Crippen molar-refractivity contribution < 1.29 is 18.3 Å². The molecule has 0 saturated carbocycles. The number of likely N-dealkylation sites (N-methyl/N-ethyl adjacent to an activating group) is 1. The second kappa shape index (κ2) is 7.17. The average molecular weight is 354 g/mol. The minimum absolute atomic E-state index is 0.0432. The molecule has 0 fully saturated rings. The number of halogens is 1. The third kappa shape index (κ3) is 3.70. The highest BCUT2D eigenvalue weighted by atomic mass is 19.1. The summed E-state index contributed by atoms with van der Waals surface area (Å²) < 4.78 is 30.2. The van der Waals surface area contributed by atoms with Gasteiger partial charge in [0.2, 0.25) is 5.89 Å². The van der Waals surface area contributed by atoms with Gasteiger partial charge in [0.15, 0.2) is 11.5 Å². The lowest BCUT2D eigenvalue weighted by atomic mass is 10.2. The van der Waals surface area contributed by atoms with E-state index in [1.807, 2.05) is 31.3 Å². The molecule has 0 spiro atoms. The number of fused-ring (bicyclic) bond motifs is 1. The Morgan fingerprint density at radius 2 is 1.88 bits per heavy atom. The molecule has 4 rings (SSSR count). The maximum absolute atomic E-state index is 13.0. The van der Waals surface area contributed by atoms with Crippen LogP contribution in [0.3, 0.4) is 0 Å². The molecule has 1 atom stereocenters. The molecule has 1 aliphatic rings. The van der Waals surface area contributed by atoms with Crippen molar-refractivity contribution in [2.24, 2.45) is 0 Å². The SMILES string of the molecule is CN(Cc1coc(-c2ccc(F)cc2)n1)C[C@H]1COc2ccccc2O1. The van der Waals surface area contributed by atoms with Crippen LogP contribution < -0.4 is 9.47 Å². The largest absolute Gasteiger partial charge is 0.486 e. The van der Waals surface area contributed by atoms with Crippen LogP contribution in [0.25, 0.3) is 11.5 Å². The van der Waals surface area contributed by atoms with E-state index in [-0.39, 0.29) is 11.9 Å². The fraction of sp³-hybridized carbons (Fsp3) is 0.250. The van der Waals surface area contributed by atoms with Crippen LogP contribution in [0.2, 0.25) is 0 Å². The van der Waals surface area contributed by atoms with Crippen LogP contribution in [0.15, 0.2) is 59.2 Å². The Morgan fingerprint density at radius 1 is 1.12 bits per heavy atom. The first-order valence-corrected chi connectivity index (χ1v) is 8.45. The van der Waals surface area contributed by atoms with Gasteiger partial charge in [-0.2, -0.15) is 0 Å². The molecule has 6 heteroatoms. The zero-order valence-electron chi connectivity index (χ0n) is 14.4. The molecular formula is C20H19FN2O3. The molecule has 3 aromatic rings. The number of hydrogen-bond acceptors (Lipinski definition) is 5. The normalized spacial score (nSPS) is 16.0. The average Bonchev–Trinajstić information content (AvgIpc) is 3.10. The Morgan fingerprint density at radius 3 is 2.69 bits per heavy atom. The molecular weight excluding hydrogens is 335 g/mol. The highest BCUT2D eigenvalue weighted by Gasteiger charge is 2.22. The molecule has 5 nitrogen and oxygen atoms in total. The van der Waals surface area contributed by atoms with E-state index < -0.39 is 0 Å². The Bertz CT molecular complexity index is 879. The van der Waals surface area contributed by atoms with E-state index in [4.69, 9.17) is 13.9 Å². The van der Waals surface area contributed by atoms with Gasteiger partial charge in [0, 0.05) is 18.7 Å². The predicted octanol–water partition coefficient (Wildman–Crippen LogP) is 3.75. The fourth-order valence-electron chi connectivity index (χ4n) is 2.95. The summed E-state index contributed by atoms with van der Waals surface area (Å²) in [6.45, 7) is 1.83. The van der Waals surface area contributed by atoms with E-state index in [1.54, 1.807) is 18.4 Å². The number of oxazole rings is 1. The summed E-state index contributed by atoms with van der Waals surface area (Å²) in [6.07, 6.45) is 1.58. The molecule has 134 valence electrons. The van der Waals surface area contributed by atoms with Gasteiger partial charge in [-0.05, 0) is 43.4 Å². The molecule has 0 saturated heterocycles. The molecule has 2 aromatic carbocycles. The van der Waals surface area contributed by atoms with Crippen LogP contribution in [0.1, 0.15) is 5.69 Å². The first-order chi connectivity index (χ1) is 12.7. The Hall–Kier alpha value is -2.86. The van der Waals surface area contributed by atoms with Crippen LogP contribution in [0.5, 0.6) is 11.5 Å². The highest BCUT2D eigenvalue weighted by Crippen LogP contribution is 2.31. The molecule has 0 N–H and O–H groups in total. The predicted molar refractivity (Wildman–Crippen MR) is 94.6 cm³/mol. The number of ether oxygens (including phenoxy) is 2. The van der Waals surface area contributed by atoms with Crippen molar-refractivity contribution in [1.82, 2.24) is 9.88 Å². The van der Waals surface area contributed by atoms with Gasteiger partial charge in [-0.3, -0.25) is 4.90 Å². The summed E-state index contributed by atoms with van der Waals surface area (Å²) in [6, 6.07) is 13.8. The topological polar surface area (TPSA) is 47.7 Å². The lowest BCUT2D eigenvalue weighted by molar-refractivity contribution is 0.0635. The van der Waals surface area contributed by atoms with Crippen molar-refractivity contribution in [3.8, 4) is 23.0 Å². The van der Waals surface area contributed by atoms with Crippen molar-refractivity contribution in [2.45, 2.75) is 12.6 Å². The molecule has 0 amide bonds. The first-order valence-electron chi connectivity index (χ1n) is 8.45. The van der Waals surface area contributed by atoms with Gasteiger partial charge in [-0.15, -0.1) is 0 Å². The molecule has 0 radical (unpaired) electrons. The van der Waals surface area contributed by atoms with E-state index >= 15 is 0 Å². The summed E-state index contributed by atoms with van der Waals surface area (Å²) in [5, 5.41) is 0. The number of rotatable bonds is 5. The summed E-state index contributed by atoms with van der Waals surface area (Å²) in [5.74, 6) is 1.76. The van der Waals surface area contributed by atoms with E-state index in [0.29, 0.717) is 25.6 Å². The standard InChI is InChI=1S/C20H19FN2O3/c1-23(11-17-13-24-18-4-2-3-5-19(18)26-17)10-16-12-25-20(22-16)14-6-8-15(21)9-7-14/h2-9,12,17H,10-11,13H2,1H3/t17-/m0/s1. The van der Waals surface area contributed by atoms with Gasteiger partial charge in [0.25, 0.3) is 0 Å². The second-order valence-electron chi connectivity index (χ2n) is 6.35. The van der Waals surface area contributed by atoms with Crippen LogP contribution in [0.4, 0.5) is 4.39 Å². The van der Waals surface area contributed by atoms with E-state index in [1.165, 1.54) is 12.1 Å². The number of benzene rings is 2. The van der Waals surface area contributed by atoms with Gasteiger partial charge in [0.05, 0.1) is 5.69 Å². The van der Waals surface area contributed by atoms with Crippen molar-refractivity contribution in [3.05, 3.63) is 66.3 Å². The van der Waals surface area contributed by atoms with Crippen molar-refractivity contribution >= 4 is 0 Å². The maximum atomic E-state index is 13.0. The molecule has 0 unspecified atom stereocenters. The zero-order chi connectivity index (χ0) is 17.9. The zero-order valence-corrected chi connectivity index (χ0v) is 14.4. The Balaban J connectivity index is 1.35. The number of hydrogen-bond donors (Lipinski definition) is 0. The summed E-state index contributed by atoms with van der Waals surface area (Å²) >= 11 is 0. The first kappa shape index (κ1) is 16.6. The monoisotopic (exact) mass is 354 g/mol. The lowest BCUT2D eigenvalue weighted by Crippen LogP contribution is -2.39. The summed E-state index contributed by atoms with van der Waals surface area (Å²) in [5.41, 5.74) is 1.56. The van der Waals surface area contributed by atoms with E-state index in [9.17, 15) is 4.39 Å². The van der Waals surface area contributed by atoms with Crippen LogP contribution in [-0.4, -0.2) is 36.2 Å². The maximum Gasteiger partial charge on any atom is 0.226 e.